The van der Waals surface area contributed by atoms with E-state index in [2.05, 4.69) is 10.3 Å². The Kier molecular flexibility index (Phi) is 4.94. The van der Waals surface area contributed by atoms with Gasteiger partial charge in [-0.2, -0.15) is 0 Å². The Labute approximate surface area is 160 Å². The number of aromatic nitrogens is 3. The Hall–Kier alpha value is -2.48. The van der Waals surface area contributed by atoms with Gasteiger partial charge in [-0.25, -0.2) is 9.07 Å². The highest BCUT2D eigenvalue weighted by Crippen LogP contribution is 2.38. The summed E-state index contributed by atoms with van der Waals surface area (Å²) >= 11 is 5.81. The molecular formula is C18H20ClFN4O3. The smallest absolute Gasteiger partial charge is 0.311 e. The Morgan fingerprint density at radius 1 is 1.37 bits per heavy atom. The largest absolute Gasteiger partial charge is 0.481 e. The predicted molar refractivity (Wildman–Crippen MR) is 96.5 cm³/mol. The lowest BCUT2D eigenvalue weighted by atomic mass is 9.76. The van der Waals surface area contributed by atoms with E-state index < -0.39 is 17.2 Å². The van der Waals surface area contributed by atoms with Crippen molar-refractivity contribution in [3.05, 3.63) is 40.4 Å². The molecule has 1 atom stereocenters. The summed E-state index contributed by atoms with van der Waals surface area (Å²) in [5, 5.41) is 17.5. The maximum atomic E-state index is 13.4. The molecule has 27 heavy (non-hydrogen) atoms. The number of carbonyl (C=O) groups is 2. The molecule has 0 aliphatic carbocycles. The second-order valence-corrected chi connectivity index (χ2v) is 7.53. The molecule has 1 saturated heterocycles. The number of nitrogens with zero attached hydrogens (tertiary/aromatic N) is 4. The van der Waals surface area contributed by atoms with Crippen LogP contribution in [0.4, 0.5) is 4.39 Å². The van der Waals surface area contributed by atoms with E-state index in [0.717, 1.165) is 0 Å². The van der Waals surface area contributed by atoms with Crippen LogP contribution in [0.25, 0.3) is 5.69 Å². The second-order valence-electron chi connectivity index (χ2n) is 7.13. The molecule has 1 N–H and O–H groups in total. The van der Waals surface area contributed by atoms with Gasteiger partial charge in [-0.3, -0.25) is 9.59 Å². The van der Waals surface area contributed by atoms with Crippen LogP contribution in [0.5, 0.6) is 0 Å². The van der Waals surface area contributed by atoms with Crippen molar-refractivity contribution in [2.75, 3.05) is 13.1 Å². The topological polar surface area (TPSA) is 88.3 Å². The van der Waals surface area contributed by atoms with Crippen LogP contribution in [0.15, 0.2) is 18.2 Å². The van der Waals surface area contributed by atoms with Crippen molar-refractivity contribution in [3.8, 4) is 5.69 Å². The Morgan fingerprint density at radius 2 is 2.07 bits per heavy atom. The summed E-state index contributed by atoms with van der Waals surface area (Å²) in [7, 11) is 0. The third-order valence-electron chi connectivity index (χ3n) is 5.36. The summed E-state index contributed by atoms with van der Waals surface area (Å²) in [6, 6.07) is 4.10. The summed E-state index contributed by atoms with van der Waals surface area (Å²) in [5.74, 6) is -1.92. The minimum absolute atomic E-state index is 0.0574. The van der Waals surface area contributed by atoms with Crippen molar-refractivity contribution in [3.63, 3.8) is 0 Å². The lowest BCUT2D eigenvalue weighted by molar-refractivity contribution is -0.150. The first-order valence-corrected chi connectivity index (χ1v) is 8.95. The summed E-state index contributed by atoms with van der Waals surface area (Å²) in [6.45, 7) is 5.85. The maximum absolute atomic E-state index is 13.4. The summed E-state index contributed by atoms with van der Waals surface area (Å²) < 4.78 is 14.8. The normalized spacial score (nSPS) is 19.7. The molecule has 1 aliphatic rings. The highest BCUT2D eigenvalue weighted by atomic mass is 35.5. The number of hydrogen-bond donors (Lipinski definition) is 1. The van der Waals surface area contributed by atoms with E-state index in [1.54, 1.807) is 6.92 Å². The number of amides is 1. The van der Waals surface area contributed by atoms with Gasteiger partial charge in [0.15, 0.2) is 5.69 Å². The lowest BCUT2D eigenvalue weighted by Gasteiger charge is -2.28. The van der Waals surface area contributed by atoms with Crippen molar-refractivity contribution in [2.24, 2.45) is 11.3 Å². The zero-order chi connectivity index (χ0) is 19.9. The van der Waals surface area contributed by atoms with E-state index >= 15 is 0 Å². The molecule has 1 aromatic carbocycles. The maximum Gasteiger partial charge on any atom is 0.311 e. The van der Waals surface area contributed by atoms with Gasteiger partial charge in [-0.1, -0.05) is 30.7 Å². The number of likely N-dealkylation sites (tertiary alicyclic amines) is 1. The molecule has 1 fully saturated rings. The molecule has 3 rings (SSSR count). The summed E-state index contributed by atoms with van der Waals surface area (Å²) in [5.41, 5.74) is 0.138. The van der Waals surface area contributed by atoms with Gasteiger partial charge in [0.2, 0.25) is 0 Å². The number of benzene rings is 1. The number of carboxylic acid groups (broad SMARTS) is 1. The number of hydrogen-bond acceptors (Lipinski definition) is 4. The number of aliphatic carboxylic acids is 1. The molecule has 1 amide bonds. The van der Waals surface area contributed by atoms with Gasteiger partial charge in [0.1, 0.15) is 5.82 Å². The number of carbonyl (C=O) groups excluding carboxylic acids is 1. The van der Waals surface area contributed by atoms with E-state index in [4.69, 9.17) is 11.6 Å². The lowest BCUT2D eigenvalue weighted by Crippen LogP contribution is -2.40. The van der Waals surface area contributed by atoms with Crippen LogP contribution in [-0.2, 0) is 4.79 Å². The number of carboxylic acids is 1. The summed E-state index contributed by atoms with van der Waals surface area (Å²) in [4.78, 5) is 26.2. The van der Waals surface area contributed by atoms with Gasteiger partial charge in [-0.05, 0) is 37.5 Å². The van der Waals surface area contributed by atoms with E-state index in [0.29, 0.717) is 24.3 Å². The average molecular weight is 395 g/mol. The zero-order valence-electron chi connectivity index (χ0n) is 15.2. The van der Waals surface area contributed by atoms with Crippen molar-refractivity contribution in [1.82, 2.24) is 19.9 Å². The molecule has 1 unspecified atom stereocenters. The number of rotatable bonds is 4. The van der Waals surface area contributed by atoms with Gasteiger partial charge in [0.05, 0.1) is 21.8 Å². The summed E-state index contributed by atoms with van der Waals surface area (Å²) in [6.07, 6.45) is 0.395. The highest BCUT2D eigenvalue weighted by molar-refractivity contribution is 6.30. The van der Waals surface area contributed by atoms with Crippen LogP contribution in [-0.4, -0.2) is 50.0 Å². The van der Waals surface area contributed by atoms with Crippen LogP contribution in [0.2, 0.25) is 5.02 Å². The molecule has 0 saturated carbocycles. The van der Waals surface area contributed by atoms with Crippen LogP contribution in [0, 0.1) is 24.1 Å². The minimum atomic E-state index is -0.954. The monoisotopic (exact) mass is 394 g/mol. The molecule has 1 aliphatic heterocycles. The van der Waals surface area contributed by atoms with Gasteiger partial charge in [-0.15, -0.1) is 5.10 Å². The molecule has 0 spiro atoms. The molecule has 1 aromatic heterocycles. The van der Waals surface area contributed by atoms with Crippen LogP contribution < -0.4 is 0 Å². The van der Waals surface area contributed by atoms with Crippen molar-refractivity contribution < 1.29 is 19.1 Å². The SMILES string of the molecule is Cc1c(C(=O)N2CCC(C(=O)O)(C(C)C)C2)nnn1-c1ccc(F)c(Cl)c1. The van der Waals surface area contributed by atoms with Crippen LogP contribution in [0.3, 0.4) is 0 Å². The Bertz CT molecular complexity index is 914. The molecule has 144 valence electrons. The van der Waals surface area contributed by atoms with Gasteiger partial charge < -0.3 is 10.0 Å². The standard InChI is InChI=1S/C18H20ClFN4O3/c1-10(2)18(17(26)27)6-7-23(9-18)16(25)15-11(3)24(22-21-15)12-4-5-14(20)13(19)8-12/h4-5,8,10H,6-7,9H2,1-3H3,(H,26,27). The van der Waals surface area contributed by atoms with Gasteiger partial charge >= 0.3 is 5.97 Å². The van der Waals surface area contributed by atoms with Crippen molar-refractivity contribution in [2.45, 2.75) is 27.2 Å². The predicted octanol–water partition coefficient (Wildman–Crippen LogP) is 2.94. The zero-order valence-corrected chi connectivity index (χ0v) is 16.0. The molecule has 7 nitrogen and oxygen atoms in total. The molecule has 0 radical (unpaired) electrons. The quantitative estimate of drug-likeness (QED) is 0.861. The van der Waals surface area contributed by atoms with Crippen molar-refractivity contribution >= 4 is 23.5 Å². The minimum Gasteiger partial charge on any atom is -0.481 e. The first-order valence-electron chi connectivity index (χ1n) is 8.58. The van der Waals surface area contributed by atoms with E-state index in [1.807, 2.05) is 13.8 Å². The number of halogens is 2. The third kappa shape index (κ3) is 3.18. The highest BCUT2D eigenvalue weighted by Gasteiger charge is 2.49. The fourth-order valence-corrected chi connectivity index (χ4v) is 3.61. The molecule has 9 heteroatoms. The van der Waals surface area contributed by atoms with Crippen LogP contribution in [0.1, 0.15) is 36.5 Å². The Morgan fingerprint density at radius 3 is 2.63 bits per heavy atom. The Balaban J connectivity index is 1.88. The van der Waals surface area contributed by atoms with E-state index in [-0.39, 0.29) is 29.1 Å². The van der Waals surface area contributed by atoms with Crippen molar-refractivity contribution in [1.29, 1.82) is 0 Å². The molecule has 2 heterocycles. The third-order valence-corrected chi connectivity index (χ3v) is 5.65. The van der Waals surface area contributed by atoms with E-state index in [9.17, 15) is 19.1 Å². The fraction of sp³-hybridized carbons (Fsp3) is 0.444. The van der Waals surface area contributed by atoms with Crippen LogP contribution >= 0.6 is 11.6 Å². The second kappa shape index (κ2) is 6.92. The molecule has 0 bridgehead atoms. The molecule has 2 aromatic rings. The van der Waals surface area contributed by atoms with E-state index in [1.165, 1.54) is 27.8 Å². The first kappa shape index (κ1) is 19.3. The molecular weight excluding hydrogens is 375 g/mol. The first-order chi connectivity index (χ1) is 12.7. The van der Waals surface area contributed by atoms with Gasteiger partial charge in [0.25, 0.3) is 5.91 Å². The average Bonchev–Trinajstić information content (AvgIpc) is 3.22. The van der Waals surface area contributed by atoms with Gasteiger partial charge in [0, 0.05) is 13.1 Å². The fourth-order valence-electron chi connectivity index (χ4n) is 3.44.